The Morgan fingerprint density at radius 3 is 2.53 bits per heavy atom. The van der Waals surface area contributed by atoms with Crippen molar-refractivity contribution in [3.8, 4) is 22.7 Å². The predicted molar refractivity (Wildman–Crippen MR) is 136 cm³/mol. The number of nitrogens with zero attached hydrogens (tertiary/aromatic N) is 4. The number of aryl methyl sites for hydroxylation is 2. The van der Waals surface area contributed by atoms with Crippen LogP contribution in [0.25, 0.3) is 16.9 Å². The van der Waals surface area contributed by atoms with E-state index in [4.69, 9.17) is 4.74 Å². The summed E-state index contributed by atoms with van der Waals surface area (Å²) in [4.78, 5) is 17.6. The summed E-state index contributed by atoms with van der Waals surface area (Å²) in [7, 11) is 1.91. The second kappa shape index (κ2) is 9.87. The van der Waals surface area contributed by atoms with Gasteiger partial charge in [0.05, 0.1) is 11.3 Å². The van der Waals surface area contributed by atoms with Gasteiger partial charge in [0.15, 0.2) is 0 Å². The lowest BCUT2D eigenvalue weighted by atomic mass is 10.1. The number of aromatic nitrogens is 4. The number of benzene rings is 3. The number of anilines is 1. The molecule has 0 saturated carbocycles. The molecule has 0 fully saturated rings. The van der Waals surface area contributed by atoms with E-state index in [1.807, 2.05) is 49.0 Å². The molecular weight excluding hydrogens is 457 g/mol. The monoisotopic (exact) mass is 481 g/mol. The number of halogens is 1. The molecule has 0 aliphatic heterocycles. The number of ether oxygens (including phenoxy) is 1. The van der Waals surface area contributed by atoms with Gasteiger partial charge in [0.2, 0.25) is 0 Å². The molecule has 2 heterocycles. The van der Waals surface area contributed by atoms with Crippen molar-refractivity contribution in [1.29, 1.82) is 0 Å². The molecular formula is C28H24FN5O2. The highest BCUT2D eigenvalue weighted by Crippen LogP contribution is 2.26. The highest BCUT2D eigenvalue weighted by molar-refractivity contribution is 6.08. The number of hydrogen-bond donors (Lipinski definition) is 1. The van der Waals surface area contributed by atoms with Crippen molar-refractivity contribution < 1.29 is 13.9 Å². The van der Waals surface area contributed by atoms with Crippen molar-refractivity contribution in [2.45, 2.75) is 13.5 Å². The first-order valence-electron chi connectivity index (χ1n) is 11.4. The fourth-order valence-corrected chi connectivity index (χ4v) is 3.79. The third kappa shape index (κ3) is 5.02. The summed E-state index contributed by atoms with van der Waals surface area (Å²) in [6.45, 7) is 2.33. The van der Waals surface area contributed by atoms with Crippen LogP contribution >= 0.6 is 0 Å². The minimum atomic E-state index is -0.338. The first-order valence-corrected chi connectivity index (χ1v) is 11.4. The van der Waals surface area contributed by atoms with Crippen LogP contribution in [0.5, 0.6) is 5.75 Å². The van der Waals surface area contributed by atoms with Gasteiger partial charge in [-0.3, -0.25) is 4.79 Å². The fourth-order valence-electron chi connectivity index (χ4n) is 3.79. The number of rotatable bonds is 7. The molecule has 0 unspecified atom stereocenters. The van der Waals surface area contributed by atoms with E-state index in [9.17, 15) is 9.18 Å². The summed E-state index contributed by atoms with van der Waals surface area (Å²) >= 11 is 0. The zero-order valence-corrected chi connectivity index (χ0v) is 19.9. The Bertz CT molecular complexity index is 1500. The Labute approximate surface area is 207 Å². The molecule has 180 valence electrons. The van der Waals surface area contributed by atoms with E-state index in [1.165, 1.54) is 12.1 Å². The highest BCUT2D eigenvalue weighted by atomic mass is 19.1. The third-order valence-corrected chi connectivity index (χ3v) is 5.74. The molecule has 2 aromatic heterocycles. The molecule has 5 rings (SSSR count). The summed E-state index contributed by atoms with van der Waals surface area (Å²) in [5.41, 5.74) is 4.08. The maximum absolute atomic E-state index is 13.4. The van der Waals surface area contributed by atoms with Gasteiger partial charge in [-0.15, -0.1) is 0 Å². The lowest BCUT2D eigenvalue weighted by Crippen LogP contribution is -2.12. The van der Waals surface area contributed by atoms with Crippen molar-refractivity contribution in [2.24, 2.45) is 7.05 Å². The van der Waals surface area contributed by atoms with Gasteiger partial charge in [-0.05, 0) is 61.5 Å². The number of nitrogens with one attached hydrogen (secondary N) is 1. The highest BCUT2D eigenvalue weighted by Gasteiger charge is 2.19. The Balaban J connectivity index is 1.38. The lowest BCUT2D eigenvalue weighted by Gasteiger charge is -2.09. The van der Waals surface area contributed by atoms with Crippen LogP contribution in [0, 0.1) is 12.7 Å². The van der Waals surface area contributed by atoms with E-state index in [1.54, 1.807) is 53.5 Å². The minimum Gasteiger partial charge on any atom is -0.486 e. The number of carbonyl (C=O) groups is 1. The van der Waals surface area contributed by atoms with E-state index >= 15 is 0 Å². The van der Waals surface area contributed by atoms with Gasteiger partial charge in [0.25, 0.3) is 5.91 Å². The largest absolute Gasteiger partial charge is 0.486 e. The summed E-state index contributed by atoms with van der Waals surface area (Å²) in [6, 6.07) is 20.9. The number of hydrogen-bond acceptors (Lipinski definition) is 4. The van der Waals surface area contributed by atoms with Gasteiger partial charge in [0.1, 0.15) is 29.7 Å². The van der Waals surface area contributed by atoms with Crippen molar-refractivity contribution >= 4 is 11.6 Å². The molecule has 7 nitrogen and oxygen atoms in total. The van der Waals surface area contributed by atoms with Crippen LogP contribution in [0.3, 0.4) is 0 Å². The first-order chi connectivity index (χ1) is 17.5. The molecule has 0 saturated heterocycles. The van der Waals surface area contributed by atoms with Gasteiger partial charge in [-0.1, -0.05) is 23.8 Å². The second-order valence-electron chi connectivity index (χ2n) is 8.40. The predicted octanol–water partition coefficient (Wildman–Crippen LogP) is 5.55. The van der Waals surface area contributed by atoms with Gasteiger partial charge < -0.3 is 14.6 Å². The van der Waals surface area contributed by atoms with Crippen LogP contribution in [0.4, 0.5) is 10.1 Å². The van der Waals surface area contributed by atoms with Crippen LogP contribution in [-0.2, 0) is 13.7 Å². The SMILES string of the molecule is Cc1cccc(-c2nn(-c3ccc(F)cc3)cc2C(=O)Nc2ccc(OCc3nccn3C)cc2)c1. The maximum atomic E-state index is 13.4. The van der Waals surface area contributed by atoms with Crippen molar-refractivity contribution in [3.05, 3.63) is 114 Å². The lowest BCUT2D eigenvalue weighted by molar-refractivity contribution is 0.102. The minimum absolute atomic E-state index is 0.304. The zero-order valence-electron chi connectivity index (χ0n) is 19.9. The van der Waals surface area contributed by atoms with Crippen LogP contribution in [0.15, 0.2) is 91.4 Å². The molecule has 5 aromatic rings. The Morgan fingerprint density at radius 1 is 1.06 bits per heavy atom. The summed E-state index contributed by atoms with van der Waals surface area (Å²) in [5, 5.41) is 7.60. The summed E-state index contributed by atoms with van der Waals surface area (Å²) in [5.74, 6) is 0.839. The van der Waals surface area contributed by atoms with Gasteiger partial charge in [-0.25, -0.2) is 14.1 Å². The summed E-state index contributed by atoms with van der Waals surface area (Å²) in [6.07, 6.45) is 5.24. The Morgan fingerprint density at radius 2 is 1.83 bits per heavy atom. The number of carbonyl (C=O) groups excluding carboxylic acids is 1. The molecule has 3 aromatic carbocycles. The number of imidazole rings is 1. The van der Waals surface area contributed by atoms with Gasteiger partial charge >= 0.3 is 0 Å². The van der Waals surface area contributed by atoms with E-state index in [0.29, 0.717) is 35.0 Å². The topological polar surface area (TPSA) is 74.0 Å². The molecule has 36 heavy (non-hydrogen) atoms. The standard InChI is InChI=1S/C28H24FN5O2/c1-19-4-3-5-20(16-19)27-25(17-34(32-27)23-10-6-21(29)7-11-23)28(35)31-22-8-12-24(13-9-22)36-18-26-30-14-15-33(26)2/h3-17H,18H2,1-2H3,(H,31,35). The Hall–Kier alpha value is -4.72. The number of amides is 1. The normalized spacial score (nSPS) is 10.9. The van der Waals surface area contributed by atoms with Crippen LogP contribution in [-0.4, -0.2) is 25.2 Å². The van der Waals surface area contributed by atoms with Crippen molar-refractivity contribution in [3.63, 3.8) is 0 Å². The smallest absolute Gasteiger partial charge is 0.259 e. The molecule has 0 aliphatic carbocycles. The van der Waals surface area contributed by atoms with Gasteiger partial charge in [0, 0.05) is 36.9 Å². The first kappa shape index (κ1) is 23.0. The maximum Gasteiger partial charge on any atom is 0.259 e. The van der Waals surface area contributed by atoms with Crippen molar-refractivity contribution in [1.82, 2.24) is 19.3 Å². The van der Waals surface area contributed by atoms with E-state index in [-0.39, 0.29) is 11.7 Å². The van der Waals surface area contributed by atoms with Crippen LogP contribution in [0.2, 0.25) is 0 Å². The molecule has 0 bridgehead atoms. The van der Waals surface area contributed by atoms with E-state index in [0.717, 1.165) is 17.0 Å². The zero-order chi connectivity index (χ0) is 25.1. The third-order valence-electron chi connectivity index (χ3n) is 5.74. The molecule has 0 atom stereocenters. The molecule has 0 spiro atoms. The van der Waals surface area contributed by atoms with Gasteiger partial charge in [-0.2, -0.15) is 5.10 Å². The molecule has 0 aliphatic rings. The van der Waals surface area contributed by atoms with E-state index in [2.05, 4.69) is 15.4 Å². The Kier molecular flexibility index (Phi) is 6.32. The van der Waals surface area contributed by atoms with Crippen molar-refractivity contribution in [2.75, 3.05) is 5.32 Å². The fraction of sp³-hybridized carbons (Fsp3) is 0.107. The molecule has 0 radical (unpaired) electrons. The average Bonchev–Trinajstić information content (AvgIpc) is 3.51. The van der Waals surface area contributed by atoms with E-state index < -0.39 is 0 Å². The molecule has 8 heteroatoms. The van der Waals surface area contributed by atoms with Crippen LogP contribution in [0.1, 0.15) is 21.7 Å². The quantitative estimate of drug-likeness (QED) is 0.331. The van der Waals surface area contributed by atoms with Crippen LogP contribution < -0.4 is 10.1 Å². The second-order valence-corrected chi connectivity index (χ2v) is 8.40. The molecule has 1 N–H and O–H groups in total. The molecule has 1 amide bonds. The average molecular weight is 482 g/mol. The summed E-state index contributed by atoms with van der Waals surface area (Å²) < 4.78 is 22.7.